The van der Waals surface area contributed by atoms with Gasteiger partial charge in [-0.15, -0.1) is 11.6 Å². The molecule has 0 saturated carbocycles. The Morgan fingerprint density at radius 3 is 2.57 bits per heavy atom. The van der Waals surface area contributed by atoms with Crippen LogP contribution in [0.15, 0.2) is 0 Å². The largest absolute Gasteiger partial charge is 0.543 e. The van der Waals surface area contributed by atoms with E-state index < -0.39 is 0 Å². The van der Waals surface area contributed by atoms with Crippen molar-refractivity contribution >= 4 is 25.6 Å². The van der Waals surface area contributed by atoms with Crippen LogP contribution in [0.3, 0.4) is 0 Å². The molecule has 2 nitrogen and oxygen atoms in total. The second-order valence-corrected chi connectivity index (χ2v) is 1.39. The molecule has 0 radical (unpaired) electrons. The molecule has 0 fully saturated rings. The highest BCUT2D eigenvalue weighted by molar-refractivity contribution is 6.19. The Balaban J connectivity index is 3.00. The third-order valence-corrected chi connectivity index (χ3v) is 0.715. The molecule has 7 heavy (non-hydrogen) atoms. The molecular formula is C3H6BClO2. The summed E-state index contributed by atoms with van der Waals surface area (Å²) in [6.07, 6.45) is 0.304. The first-order chi connectivity index (χ1) is 3.31. The third-order valence-electron chi connectivity index (χ3n) is 0.526. The molecule has 0 atom stereocenters. The molecule has 0 aromatic rings. The van der Waals surface area contributed by atoms with Gasteiger partial charge in [0, 0.05) is 5.88 Å². The van der Waals surface area contributed by atoms with Crippen LogP contribution in [0.2, 0.25) is 0 Å². The van der Waals surface area contributed by atoms with E-state index in [2.05, 4.69) is 4.65 Å². The minimum atomic E-state index is -0.255. The average Bonchev–Trinajstić information content (AvgIpc) is 1.68. The van der Waals surface area contributed by atoms with Crippen molar-refractivity contribution in [3.63, 3.8) is 0 Å². The molecule has 0 bridgehead atoms. The Bertz CT molecular complexity index is 66.0. The number of carbonyl (C=O) groups is 1. The highest BCUT2D eigenvalue weighted by Gasteiger charge is 1.93. The van der Waals surface area contributed by atoms with Gasteiger partial charge in [0.25, 0.3) is 5.97 Å². The lowest BCUT2D eigenvalue weighted by Gasteiger charge is -1.91. The molecule has 0 aliphatic carbocycles. The predicted molar refractivity (Wildman–Crippen MR) is 30.0 cm³/mol. The Morgan fingerprint density at radius 2 is 2.43 bits per heavy atom. The van der Waals surface area contributed by atoms with Gasteiger partial charge in [-0.2, -0.15) is 0 Å². The van der Waals surface area contributed by atoms with Crippen LogP contribution in [0, 0.1) is 0 Å². The van der Waals surface area contributed by atoms with Gasteiger partial charge in [-0.1, -0.05) is 0 Å². The summed E-state index contributed by atoms with van der Waals surface area (Å²) in [5.41, 5.74) is 0. The zero-order valence-electron chi connectivity index (χ0n) is 4.11. The van der Waals surface area contributed by atoms with E-state index >= 15 is 0 Å². The van der Waals surface area contributed by atoms with Crippen molar-refractivity contribution in [2.24, 2.45) is 0 Å². The molecule has 0 aliphatic rings. The minimum Gasteiger partial charge on any atom is -0.543 e. The van der Waals surface area contributed by atoms with E-state index in [0.29, 0.717) is 12.3 Å². The van der Waals surface area contributed by atoms with Gasteiger partial charge >= 0.3 is 8.05 Å². The first-order valence-electron chi connectivity index (χ1n) is 1.94. The fourth-order valence-corrected chi connectivity index (χ4v) is 0.334. The van der Waals surface area contributed by atoms with Crippen molar-refractivity contribution < 1.29 is 9.45 Å². The van der Waals surface area contributed by atoms with Gasteiger partial charge in [0.05, 0.1) is 6.42 Å². The Kier molecular flexibility index (Phi) is 3.90. The molecule has 0 heterocycles. The highest BCUT2D eigenvalue weighted by Crippen LogP contribution is 1.84. The second kappa shape index (κ2) is 4.00. The Hall–Kier alpha value is -0.175. The van der Waals surface area contributed by atoms with Crippen molar-refractivity contribution in [3.05, 3.63) is 0 Å². The Morgan fingerprint density at radius 1 is 1.86 bits per heavy atom. The summed E-state index contributed by atoms with van der Waals surface area (Å²) >= 11 is 5.17. The van der Waals surface area contributed by atoms with E-state index in [1.807, 2.05) is 0 Å². The topological polar surface area (TPSA) is 26.3 Å². The lowest BCUT2D eigenvalue weighted by atomic mass is 10.5. The fraction of sp³-hybridized carbons (Fsp3) is 0.667. The zero-order chi connectivity index (χ0) is 5.70. The number of hydrogen-bond donors (Lipinski definition) is 0. The van der Waals surface area contributed by atoms with Gasteiger partial charge in [-0.3, -0.25) is 4.79 Å². The van der Waals surface area contributed by atoms with Crippen molar-refractivity contribution in [3.8, 4) is 0 Å². The SMILES string of the molecule is BOC(=O)CCCl. The van der Waals surface area contributed by atoms with Gasteiger partial charge in [0.1, 0.15) is 0 Å². The molecule has 0 unspecified atom stereocenters. The van der Waals surface area contributed by atoms with E-state index in [0.717, 1.165) is 0 Å². The van der Waals surface area contributed by atoms with E-state index in [1.54, 1.807) is 0 Å². The summed E-state index contributed by atoms with van der Waals surface area (Å²) < 4.78 is 4.27. The predicted octanol–water partition coefficient (Wildman–Crippen LogP) is -0.293. The van der Waals surface area contributed by atoms with Crippen LogP contribution < -0.4 is 0 Å². The maximum Gasteiger partial charge on any atom is 0.325 e. The maximum absolute atomic E-state index is 10.1. The monoisotopic (exact) mass is 120 g/mol. The molecule has 0 amide bonds. The first-order valence-corrected chi connectivity index (χ1v) is 2.47. The minimum absolute atomic E-state index is 0.255. The van der Waals surface area contributed by atoms with Crippen LogP contribution in [0.5, 0.6) is 0 Å². The molecule has 0 aromatic heterocycles. The van der Waals surface area contributed by atoms with Crippen LogP contribution in [0.25, 0.3) is 0 Å². The molecule has 0 aliphatic heterocycles. The number of halogens is 1. The Labute approximate surface area is 48.2 Å². The third kappa shape index (κ3) is 3.66. The summed E-state index contributed by atoms with van der Waals surface area (Å²) in [4.78, 5) is 10.1. The number of hydrogen-bond acceptors (Lipinski definition) is 2. The number of carbonyl (C=O) groups excluding carboxylic acids is 1. The van der Waals surface area contributed by atoms with E-state index in [4.69, 9.17) is 11.6 Å². The normalized spacial score (nSPS) is 8.14. The van der Waals surface area contributed by atoms with Gasteiger partial charge in [0.15, 0.2) is 0 Å². The van der Waals surface area contributed by atoms with Crippen LogP contribution >= 0.6 is 11.6 Å². The average molecular weight is 120 g/mol. The highest BCUT2D eigenvalue weighted by atomic mass is 35.5. The van der Waals surface area contributed by atoms with Crippen LogP contribution in [0.4, 0.5) is 0 Å². The van der Waals surface area contributed by atoms with Gasteiger partial charge in [0.2, 0.25) is 0 Å². The fourth-order valence-electron chi connectivity index (χ4n) is 0.179. The van der Waals surface area contributed by atoms with Crippen molar-refractivity contribution in [1.82, 2.24) is 0 Å². The standard InChI is InChI=1S/C3H6BClO2/c4-7-3(6)1-2-5/h1-2,4H2. The van der Waals surface area contributed by atoms with Crippen molar-refractivity contribution in [2.45, 2.75) is 6.42 Å². The van der Waals surface area contributed by atoms with E-state index in [1.165, 1.54) is 8.05 Å². The molecule has 0 N–H and O–H groups in total. The van der Waals surface area contributed by atoms with E-state index in [9.17, 15) is 4.79 Å². The van der Waals surface area contributed by atoms with Gasteiger partial charge in [-0.25, -0.2) is 0 Å². The lowest BCUT2D eigenvalue weighted by molar-refractivity contribution is -0.133. The number of alkyl halides is 1. The molecular weight excluding hydrogens is 114 g/mol. The van der Waals surface area contributed by atoms with E-state index in [-0.39, 0.29) is 5.97 Å². The molecule has 0 spiro atoms. The molecule has 0 rings (SSSR count). The quantitative estimate of drug-likeness (QED) is 0.370. The number of rotatable bonds is 2. The van der Waals surface area contributed by atoms with Crippen LogP contribution in [-0.4, -0.2) is 19.9 Å². The maximum atomic E-state index is 10.1. The van der Waals surface area contributed by atoms with Gasteiger partial charge < -0.3 is 4.65 Å². The second-order valence-electron chi connectivity index (χ2n) is 1.02. The summed E-state index contributed by atoms with van der Waals surface area (Å²) in [5.74, 6) is 0.0853. The lowest BCUT2D eigenvalue weighted by Crippen LogP contribution is -2.00. The first kappa shape index (κ1) is 6.82. The van der Waals surface area contributed by atoms with Crippen LogP contribution in [-0.2, 0) is 9.45 Å². The van der Waals surface area contributed by atoms with Crippen LogP contribution in [0.1, 0.15) is 6.42 Å². The summed E-state index contributed by atoms with van der Waals surface area (Å²) in [6.45, 7) is 0. The smallest absolute Gasteiger partial charge is 0.325 e. The summed E-state index contributed by atoms with van der Waals surface area (Å²) in [6, 6.07) is 0. The summed E-state index contributed by atoms with van der Waals surface area (Å²) in [7, 11) is 1.34. The molecule has 4 heteroatoms. The van der Waals surface area contributed by atoms with Crippen molar-refractivity contribution in [1.29, 1.82) is 0 Å². The molecule has 40 valence electrons. The zero-order valence-corrected chi connectivity index (χ0v) is 4.86. The molecule has 0 saturated heterocycles. The van der Waals surface area contributed by atoms with Crippen molar-refractivity contribution in [2.75, 3.05) is 5.88 Å². The summed E-state index contributed by atoms with van der Waals surface area (Å²) in [5, 5.41) is 0. The van der Waals surface area contributed by atoms with Gasteiger partial charge in [-0.05, 0) is 0 Å². The molecule has 0 aromatic carbocycles.